The minimum atomic E-state index is -1.34. The number of para-hydroxylation sites is 1. The van der Waals surface area contributed by atoms with Crippen LogP contribution >= 0.6 is 0 Å². The summed E-state index contributed by atoms with van der Waals surface area (Å²) in [6, 6.07) is 18.1. The molecule has 0 unspecified atom stereocenters. The molecule has 0 aliphatic carbocycles. The van der Waals surface area contributed by atoms with Gasteiger partial charge in [0.15, 0.2) is 0 Å². The number of hydrogen-bond donors (Lipinski definition) is 1. The van der Waals surface area contributed by atoms with Gasteiger partial charge in [0.05, 0.1) is 27.6 Å². The van der Waals surface area contributed by atoms with Crippen molar-refractivity contribution in [1.29, 1.82) is 0 Å². The number of nitrogens with zero attached hydrogens (tertiary/aromatic N) is 5. The third-order valence-corrected chi connectivity index (χ3v) is 7.91. The van der Waals surface area contributed by atoms with Crippen molar-refractivity contribution in [2.24, 2.45) is 10.1 Å². The van der Waals surface area contributed by atoms with Gasteiger partial charge in [-0.3, -0.25) is 24.3 Å². The lowest BCUT2D eigenvalue weighted by Gasteiger charge is -2.44. The number of rotatable bonds is 7. The van der Waals surface area contributed by atoms with Crippen LogP contribution in [0, 0.1) is 5.82 Å². The molecule has 0 saturated heterocycles. The Hall–Kier alpha value is -4.82. The van der Waals surface area contributed by atoms with E-state index < -0.39 is 28.5 Å². The monoisotopic (exact) mass is 508 g/mol. The first-order valence-corrected chi connectivity index (χ1v) is 12.2. The number of imide groups is 1. The lowest BCUT2D eigenvalue weighted by molar-refractivity contribution is -0.123. The molecule has 0 aromatic heterocycles. The minimum Gasteiger partial charge on any atom is -0.325 e. The van der Waals surface area contributed by atoms with Gasteiger partial charge in [0, 0.05) is 29.9 Å². The maximum absolute atomic E-state index is 14.2. The fourth-order valence-corrected chi connectivity index (χ4v) is 6.21. The molecule has 9 nitrogen and oxygen atoms in total. The average molecular weight is 509 g/mol. The molecule has 0 saturated carbocycles. The van der Waals surface area contributed by atoms with Crippen molar-refractivity contribution in [2.45, 2.75) is 23.7 Å². The fraction of sp³-hybridized carbons (Fsp3) is 0.214. The molecule has 3 aromatic carbocycles. The Morgan fingerprint density at radius 2 is 1.66 bits per heavy atom. The molecular weight excluding hydrogens is 487 g/mol. The molecule has 6 rings (SSSR count). The van der Waals surface area contributed by atoms with Crippen LogP contribution in [0.15, 0.2) is 76.8 Å². The van der Waals surface area contributed by atoms with Crippen LogP contribution in [0.3, 0.4) is 0 Å². The average Bonchev–Trinajstić information content (AvgIpc) is 3.52. The molecule has 188 valence electrons. The van der Waals surface area contributed by atoms with Crippen LogP contribution in [-0.2, 0) is 15.6 Å². The van der Waals surface area contributed by atoms with Gasteiger partial charge >= 0.3 is 0 Å². The number of nitrogens with one attached hydrogen (secondary N) is 1. The van der Waals surface area contributed by atoms with E-state index in [2.05, 4.69) is 20.3 Å². The highest BCUT2D eigenvalue weighted by Crippen LogP contribution is 2.57. The largest absolute Gasteiger partial charge is 0.325 e. The van der Waals surface area contributed by atoms with Gasteiger partial charge < -0.3 is 5.32 Å². The SMILES string of the molecule is [N-]=[N+]=NCC[C@]1([C@]2(CCN3C(=O)c4ccccc4C3=O)C(=O)Nc3ccccc32)C=Nc2cc(F)ccc21. The van der Waals surface area contributed by atoms with Crippen molar-refractivity contribution in [3.05, 3.63) is 105 Å². The molecule has 3 aliphatic rings. The number of halogens is 1. The van der Waals surface area contributed by atoms with Gasteiger partial charge in [0.2, 0.25) is 5.91 Å². The van der Waals surface area contributed by atoms with E-state index in [0.717, 1.165) is 0 Å². The highest BCUT2D eigenvalue weighted by Gasteiger charge is 2.62. The van der Waals surface area contributed by atoms with E-state index in [1.165, 1.54) is 17.0 Å². The third kappa shape index (κ3) is 3.13. The zero-order valence-corrected chi connectivity index (χ0v) is 20.1. The topological polar surface area (TPSA) is 128 Å². The molecule has 10 heteroatoms. The summed E-state index contributed by atoms with van der Waals surface area (Å²) in [5, 5.41) is 6.71. The van der Waals surface area contributed by atoms with Gasteiger partial charge in [0.1, 0.15) is 5.82 Å². The van der Waals surface area contributed by atoms with Crippen LogP contribution in [0.1, 0.15) is 44.7 Å². The predicted molar refractivity (Wildman–Crippen MR) is 138 cm³/mol. The molecule has 3 aromatic rings. The Kier molecular flexibility index (Phi) is 5.36. The molecule has 0 radical (unpaired) electrons. The quantitative estimate of drug-likeness (QED) is 0.207. The number of aliphatic imine (C=N–C) groups is 1. The lowest BCUT2D eigenvalue weighted by atomic mass is 9.55. The number of fused-ring (bicyclic) bond motifs is 3. The molecule has 0 fully saturated rings. The van der Waals surface area contributed by atoms with Crippen LogP contribution in [0.5, 0.6) is 0 Å². The van der Waals surface area contributed by atoms with Crippen molar-refractivity contribution in [3.8, 4) is 0 Å². The van der Waals surface area contributed by atoms with Crippen LogP contribution < -0.4 is 5.32 Å². The number of benzene rings is 3. The molecule has 3 amide bonds. The van der Waals surface area contributed by atoms with Gasteiger partial charge in [-0.1, -0.05) is 41.5 Å². The summed E-state index contributed by atoms with van der Waals surface area (Å²) >= 11 is 0. The van der Waals surface area contributed by atoms with E-state index in [-0.39, 0.29) is 31.8 Å². The zero-order valence-electron chi connectivity index (χ0n) is 20.1. The third-order valence-electron chi connectivity index (χ3n) is 7.91. The Balaban J connectivity index is 1.51. The van der Waals surface area contributed by atoms with E-state index in [9.17, 15) is 18.8 Å². The van der Waals surface area contributed by atoms with Crippen molar-refractivity contribution in [1.82, 2.24) is 4.90 Å². The summed E-state index contributed by atoms with van der Waals surface area (Å²) in [6.45, 7) is 0.00524. The maximum Gasteiger partial charge on any atom is 0.261 e. The molecule has 3 heterocycles. The van der Waals surface area contributed by atoms with Gasteiger partial charge in [-0.25, -0.2) is 4.39 Å². The van der Waals surface area contributed by atoms with Crippen LogP contribution in [-0.4, -0.2) is 41.9 Å². The van der Waals surface area contributed by atoms with Gasteiger partial charge in [-0.2, -0.15) is 0 Å². The second kappa shape index (κ2) is 8.64. The number of amides is 3. The number of anilines is 1. The Labute approximate surface area is 216 Å². The fourth-order valence-electron chi connectivity index (χ4n) is 6.21. The Bertz CT molecular complexity index is 1580. The first-order valence-electron chi connectivity index (χ1n) is 12.2. The first-order chi connectivity index (χ1) is 18.4. The Morgan fingerprint density at radius 1 is 0.947 bits per heavy atom. The molecule has 38 heavy (non-hydrogen) atoms. The van der Waals surface area contributed by atoms with Crippen molar-refractivity contribution >= 4 is 35.3 Å². The molecule has 3 aliphatic heterocycles. The maximum atomic E-state index is 14.2. The number of azide groups is 1. The van der Waals surface area contributed by atoms with E-state index >= 15 is 0 Å². The smallest absolute Gasteiger partial charge is 0.261 e. The molecule has 0 spiro atoms. The summed E-state index contributed by atoms with van der Waals surface area (Å²) in [4.78, 5) is 49.0. The van der Waals surface area contributed by atoms with Gasteiger partial charge in [-0.15, -0.1) is 0 Å². The highest BCUT2D eigenvalue weighted by atomic mass is 19.1. The lowest BCUT2D eigenvalue weighted by Crippen LogP contribution is -2.56. The Morgan fingerprint density at radius 3 is 2.39 bits per heavy atom. The van der Waals surface area contributed by atoms with Crippen molar-refractivity contribution in [3.63, 3.8) is 0 Å². The van der Waals surface area contributed by atoms with E-state index in [1.807, 2.05) is 12.1 Å². The molecular formula is C28H21FN6O3. The molecule has 2 atom stereocenters. The van der Waals surface area contributed by atoms with Gasteiger partial charge in [0.25, 0.3) is 11.8 Å². The summed E-state index contributed by atoms with van der Waals surface area (Å²) in [5.41, 5.74) is 9.44. The second-order valence-electron chi connectivity index (χ2n) is 9.56. The van der Waals surface area contributed by atoms with Crippen LogP contribution in [0.25, 0.3) is 10.4 Å². The number of carbonyl (C=O) groups is 3. The van der Waals surface area contributed by atoms with E-state index in [4.69, 9.17) is 5.53 Å². The molecule has 1 N–H and O–H groups in total. The van der Waals surface area contributed by atoms with Crippen molar-refractivity contribution in [2.75, 3.05) is 18.4 Å². The van der Waals surface area contributed by atoms with Crippen molar-refractivity contribution < 1.29 is 18.8 Å². The second-order valence-corrected chi connectivity index (χ2v) is 9.56. The number of hydrogen-bond acceptors (Lipinski definition) is 5. The highest BCUT2D eigenvalue weighted by molar-refractivity contribution is 6.21. The normalized spacial score (nSPS) is 22.7. The molecule has 0 bridgehead atoms. The van der Waals surface area contributed by atoms with Gasteiger partial charge in [-0.05, 0) is 59.8 Å². The summed E-state index contributed by atoms with van der Waals surface area (Å²) in [6.07, 6.45) is 1.90. The van der Waals surface area contributed by atoms with E-state index in [0.29, 0.717) is 33.6 Å². The van der Waals surface area contributed by atoms with Crippen LogP contribution in [0.4, 0.5) is 15.8 Å². The zero-order chi connectivity index (χ0) is 26.5. The summed E-state index contributed by atoms with van der Waals surface area (Å²) in [7, 11) is 0. The minimum absolute atomic E-state index is 0.0399. The summed E-state index contributed by atoms with van der Waals surface area (Å²) in [5.74, 6) is -1.64. The number of carbonyl (C=O) groups excluding carboxylic acids is 3. The van der Waals surface area contributed by atoms with Crippen LogP contribution in [0.2, 0.25) is 0 Å². The predicted octanol–water partition coefficient (Wildman–Crippen LogP) is 5.06. The first kappa shape index (κ1) is 23.6. The standard InChI is InChI=1S/C28H21FN6O3/c29-17-9-10-20-23(15-17)31-16-27(20,11-13-32-34-30)28(21-7-3-4-8-22(21)33-26(28)38)12-14-35-24(36)18-5-1-2-6-19(18)25(35)37/h1-10,15-16H,11-14H2,(H,33,38)/t27-,28-/m0/s1. The summed E-state index contributed by atoms with van der Waals surface area (Å²) < 4.78 is 14.2. The van der Waals surface area contributed by atoms with E-state index in [1.54, 1.807) is 48.7 Å².